The Kier molecular flexibility index (Phi) is 5.67. The summed E-state index contributed by atoms with van der Waals surface area (Å²) in [6.45, 7) is 4.05. The third-order valence-electron chi connectivity index (χ3n) is 5.07. The summed E-state index contributed by atoms with van der Waals surface area (Å²) in [4.78, 5) is 25.5. The van der Waals surface area contributed by atoms with Crippen LogP contribution in [0.2, 0.25) is 0 Å². The molecule has 132 valence electrons. The zero-order valence-corrected chi connectivity index (χ0v) is 14.6. The van der Waals surface area contributed by atoms with Gasteiger partial charge in [-0.3, -0.25) is 4.79 Å². The molecule has 8 heteroatoms. The van der Waals surface area contributed by atoms with Crippen molar-refractivity contribution < 1.29 is 23.1 Å². The van der Waals surface area contributed by atoms with Gasteiger partial charge in [-0.15, -0.1) is 0 Å². The van der Waals surface area contributed by atoms with Crippen LogP contribution in [-0.2, 0) is 19.6 Å². The Labute approximate surface area is 137 Å². The van der Waals surface area contributed by atoms with Crippen LogP contribution in [0.3, 0.4) is 0 Å². The molecule has 2 rings (SSSR count). The van der Waals surface area contributed by atoms with Crippen molar-refractivity contribution in [3.05, 3.63) is 0 Å². The summed E-state index contributed by atoms with van der Waals surface area (Å²) in [7, 11) is -3.70. The molecule has 1 saturated heterocycles. The summed E-state index contributed by atoms with van der Waals surface area (Å²) in [5.74, 6) is -2.06. The molecular formula is C15H26N2O5S. The highest BCUT2D eigenvalue weighted by Gasteiger charge is 2.48. The third kappa shape index (κ3) is 3.68. The molecule has 0 radical (unpaired) electrons. The van der Waals surface area contributed by atoms with E-state index in [9.17, 15) is 23.1 Å². The van der Waals surface area contributed by atoms with Crippen LogP contribution < -0.4 is 0 Å². The van der Waals surface area contributed by atoms with Crippen LogP contribution in [-0.4, -0.2) is 65.5 Å². The molecule has 23 heavy (non-hydrogen) atoms. The summed E-state index contributed by atoms with van der Waals surface area (Å²) in [6.07, 6.45) is 4.14. The predicted octanol–water partition coefficient (Wildman–Crippen LogP) is 0.902. The van der Waals surface area contributed by atoms with E-state index in [0.29, 0.717) is 19.5 Å². The number of amides is 1. The Morgan fingerprint density at radius 3 is 2.35 bits per heavy atom. The van der Waals surface area contributed by atoms with Gasteiger partial charge in [-0.05, 0) is 25.2 Å². The molecule has 1 N–H and O–H groups in total. The van der Waals surface area contributed by atoms with E-state index in [4.69, 9.17) is 0 Å². The molecule has 1 heterocycles. The minimum atomic E-state index is -3.70. The second-order valence-electron chi connectivity index (χ2n) is 6.34. The van der Waals surface area contributed by atoms with Crippen molar-refractivity contribution in [1.29, 1.82) is 0 Å². The minimum Gasteiger partial charge on any atom is -0.480 e. The van der Waals surface area contributed by atoms with Crippen LogP contribution in [0.15, 0.2) is 0 Å². The number of carboxylic acid groups (broad SMARTS) is 1. The lowest BCUT2D eigenvalue weighted by atomic mass is 9.85. The lowest BCUT2D eigenvalue weighted by Gasteiger charge is -2.33. The van der Waals surface area contributed by atoms with Crippen LogP contribution in [0, 0.1) is 5.92 Å². The van der Waals surface area contributed by atoms with Gasteiger partial charge in [-0.1, -0.05) is 26.7 Å². The fraction of sp³-hybridized carbons (Fsp3) is 0.867. The molecule has 7 nitrogen and oxygen atoms in total. The van der Waals surface area contributed by atoms with E-state index in [2.05, 4.69) is 0 Å². The van der Waals surface area contributed by atoms with Crippen molar-refractivity contribution in [3.63, 3.8) is 0 Å². The van der Waals surface area contributed by atoms with Gasteiger partial charge < -0.3 is 10.0 Å². The molecule has 0 aromatic heterocycles. The highest BCUT2D eigenvalue weighted by Crippen LogP contribution is 2.40. The zero-order chi connectivity index (χ0) is 17.2. The van der Waals surface area contributed by atoms with Gasteiger partial charge in [0.25, 0.3) is 0 Å². The van der Waals surface area contributed by atoms with Crippen LogP contribution >= 0.6 is 0 Å². The Balaban J connectivity index is 2.19. The number of fused-ring (bicyclic) bond motifs is 1. The normalized spacial score (nSPS) is 28.0. The number of hydrogen-bond donors (Lipinski definition) is 1. The summed E-state index contributed by atoms with van der Waals surface area (Å²) < 4.78 is 25.9. The molecule has 0 aromatic rings. The van der Waals surface area contributed by atoms with Crippen LogP contribution in [0.25, 0.3) is 0 Å². The molecule has 0 unspecified atom stereocenters. The fourth-order valence-electron chi connectivity index (χ4n) is 3.98. The van der Waals surface area contributed by atoms with Crippen LogP contribution in [0.1, 0.15) is 46.0 Å². The Bertz CT molecular complexity index is 558. The lowest BCUT2D eigenvalue weighted by molar-refractivity contribution is -0.148. The molecule has 3 atom stereocenters. The predicted molar refractivity (Wildman–Crippen MR) is 85.3 cm³/mol. The maximum atomic E-state index is 12.6. The molecule has 2 aliphatic rings. The Morgan fingerprint density at radius 1 is 1.17 bits per heavy atom. The maximum absolute atomic E-state index is 12.6. The highest BCUT2D eigenvalue weighted by atomic mass is 32.2. The summed E-state index contributed by atoms with van der Waals surface area (Å²) in [5.41, 5.74) is 0. The fourth-order valence-corrected chi connectivity index (χ4v) is 5.41. The molecule has 0 aromatic carbocycles. The van der Waals surface area contributed by atoms with Crippen LogP contribution in [0.5, 0.6) is 0 Å². The number of likely N-dealkylation sites (tertiary alicyclic amines) is 1. The number of carbonyl (C=O) groups is 2. The number of sulfonamides is 1. The largest absolute Gasteiger partial charge is 0.480 e. The van der Waals surface area contributed by atoms with Gasteiger partial charge in [0.05, 0.1) is 0 Å². The number of nitrogens with zero attached hydrogens (tertiary/aromatic N) is 2. The van der Waals surface area contributed by atoms with Crippen molar-refractivity contribution in [2.45, 2.75) is 58.0 Å². The molecule has 1 saturated carbocycles. The second-order valence-corrected chi connectivity index (χ2v) is 8.31. The van der Waals surface area contributed by atoms with E-state index >= 15 is 0 Å². The summed E-state index contributed by atoms with van der Waals surface area (Å²) in [5, 5.41) is 9.43. The van der Waals surface area contributed by atoms with E-state index in [-0.39, 0.29) is 12.0 Å². The van der Waals surface area contributed by atoms with Gasteiger partial charge in [-0.2, -0.15) is 0 Å². The molecule has 1 aliphatic carbocycles. The van der Waals surface area contributed by atoms with Crippen molar-refractivity contribution in [3.8, 4) is 0 Å². The highest BCUT2D eigenvalue weighted by molar-refractivity contribution is 7.89. The van der Waals surface area contributed by atoms with Gasteiger partial charge in [0, 0.05) is 19.1 Å². The number of carboxylic acids is 1. The standard InChI is InChI=1S/C15H26N2O5S/c1-3-16(4-2)23(21,22)10-14(18)17-12-8-6-5-7-11(12)9-13(17)15(19)20/h11-13H,3-10H2,1-2H3,(H,19,20)/t11-,12-,13+/m1/s1. The van der Waals surface area contributed by atoms with Gasteiger partial charge >= 0.3 is 5.97 Å². The van der Waals surface area contributed by atoms with E-state index in [0.717, 1.165) is 25.7 Å². The van der Waals surface area contributed by atoms with Crippen molar-refractivity contribution >= 4 is 21.9 Å². The van der Waals surface area contributed by atoms with Gasteiger partial charge in [-0.25, -0.2) is 17.5 Å². The average molecular weight is 346 g/mol. The van der Waals surface area contributed by atoms with Gasteiger partial charge in [0.15, 0.2) is 0 Å². The van der Waals surface area contributed by atoms with Crippen molar-refractivity contribution in [1.82, 2.24) is 9.21 Å². The molecule has 0 bridgehead atoms. The average Bonchev–Trinajstić information content (AvgIpc) is 2.87. The molecule has 0 spiro atoms. The number of aliphatic carboxylic acids is 1. The first-order valence-corrected chi connectivity index (χ1v) is 9.94. The lowest BCUT2D eigenvalue weighted by Crippen LogP contribution is -2.49. The first-order valence-electron chi connectivity index (χ1n) is 8.33. The smallest absolute Gasteiger partial charge is 0.326 e. The topological polar surface area (TPSA) is 95.0 Å². The van der Waals surface area contributed by atoms with Crippen LogP contribution in [0.4, 0.5) is 0 Å². The summed E-state index contributed by atoms with van der Waals surface area (Å²) >= 11 is 0. The second kappa shape index (κ2) is 7.17. The number of carbonyl (C=O) groups excluding carboxylic acids is 1. The minimum absolute atomic E-state index is 0.121. The van der Waals surface area contributed by atoms with E-state index in [1.165, 1.54) is 9.21 Å². The first-order chi connectivity index (χ1) is 10.8. The van der Waals surface area contributed by atoms with E-state index in [1.54, 1.807) is 13.8 Å². The number of hydrogen-bond acceptors (Lipinski definition) is 4. The monoisotopic (exact) mass is 346 g/mol. The van der Waals surface area contributed by atoms with E-state index < -0.39 is 33.7 Å². The maximum Gasteiger partial charge on any atom is 0.326 e. The molecule has 1 amide bonds. The Morgan fingerprint density at radius 2 is 1.78 bits per heavy atom. The van der Waals surface area contributed by atoms with E-state index in [1.807, 2.05) is 0 Å². The zero-order valence-electron chi connectivity index (χ0n) is 13.8. The van der Waals surface area contributed by atoms with Crippen molar-refractivity contribution in [2.75, 3.05) is 18.8 Å². The summed E-state index contributed by atoms with van der Waals surface area (Å²) in [6, 6.07) is -1.01. The van der Waals surface area contributed by atoms with Gasteiger partial charge in [0.1, 0.15) is 11.8 Å². The Hall–Kier alpha value is -1.15. The SMILES string of the molecule is CCN(CC)S(=O)(=O)CC(=O)N1[C@@H]2CCCC[C@@H]2C[C@H]1C(=O)O. The molecule has 1 aliphatic heterocycles. The van der Waals surface area contributed by atoms with Gasteiger partial charge in [0.2, 0.25) is 15.9 Å². The number of rotatable bonds is 6. The first kappa shape index (κ1) is 18.2. The molecular weight excluding hydrogens is 320 g/mol. The quantitative estimate of drug-likeness (QED) is 0.771. The van der Waals surface area contributed by atoms with Crippen molar-refractivity contribution in [2.24, 2.45) is 5.92 Å². The third-order valence-corrected chi connectivity index (χ3v) is 6.98. The molecule has 2 fully saturated rings.